The molecule has 0 aliphatic heterocycles. The minimum Gasteiger partial charge on any atom is -0.397 e. The van der Waals surface area contributed by atoms with Crippen LogP contribution >= 0.6 is 0 Å². The summed E-state index contributed by atoms with van der Waals surface area (Å²) in [7, 11) is 0. The Morgan fingerprint density at radius 2 is 1.90 bits per heavy atom. The Kier molecular flexibility index (Phi) is 4.30. The van der Waals surface area contributed by atoms with Crippen LogP contribution in [-0.4, -0.2) is 10.7 Å². The van der Waals surface area contributed by atoms with Crippen LogP contribution in [0.4, 0.5) is 5.88 Å². The molecule has 20 heavy (non-hydrogen) atoms. The fourth-order valence-corrected chi connectivity index (χ4v) is 1.89. The molecule has 0 bridgehead atoms. The first-order valence-corrected chi connectivity index (χ1v) is 6.49. The molecule has 0 radical (unpaired) electrons. The Bertz CT molecular complexity index is 613. The summed E-state index contributed by atoms with van der Waals surface area (Å²) >= 11 is 0. The lowest BCUT2D eigenvalue weighted by Crippen LogP contribution is -1.99. The van der Waals surface area contributed by atoms with E-state index in [4.69, 9.17) is 4.42 Å². The van der Waals surface area contributed by atoms with E-state index in [1.807, 2.05) is 12.1 Å². The van der Waals surface area contributed by atoms with Crippen molar-refractivity contribution in [1.82, 2.24) is 0 Å². The maximum Gasteiger partial charge on any atom is 0.433 e. The molecule has 0 amide bonds. The van der Waals surface area contributed by atoms with Crippen LogP contribution in [0, 0.1) is 10.1 Å². The Hall–Kier alpha value is -2.43. The van der Waals surface area contributed by atoms with Gasteiger partial charge in [-0.1, -0.05) is 37.6 Å². The zero-order chi connectivity index (χ0) is 14.5. The average molecular weight is 273 g/mol. The lowest BCUT2D eigenvalue weighted by Gasteiger charge is -2.01. The standard InChI is InChI=1S/C15H15NO4/c1-2-3-4-11-5-7-12(8-6-11)15(17)13-9-10-14(20-13)16(18)19/h5-10H,2-4H2,1H3. The summed E-state index contributed by atoms with van der Waals surface area (Å²) in [6.07, 6.45) is 3.21. The van der Waals surface area contributed by atoms with Gasteiger partial charge in [0.2, 0.25) is 5.78 Å². The number of nitrogens with zero attached hydrogens (tertiary/aromatic N) is 1. The lowest BCUT2D eigenvalue weighted by atomic mass is 10.0. The predicted molar refractivity (Wildman–Crippen MR) is 73.8 cm³/mol. The lowest BCUT2D eigenvalue weighted by molar-refractivity contribution is -0.402. The molecule has 0 N–H and O–H groups in total. The molecule has 0 aliphatic rings. The summed E-state index contributed by atoms with van der Waals surface area (Å²) in [5.74, 6) is -0.786. The number of carbonyl (C=O) groups excluding carboxylic acids is 1. The van der Waals surface area contributed by atoms with Crippen LogP contribution in [0.1, 0.15) is 41.4 Å². The second kappa shape index (κ2) is 6.14. The van der Waals surface area contributed by atoms with Gasteiger partial charge in [0, 0.05) is 5.56 Å². The van der Waals surface area contributed by atoms with E-state index >= 15 is 0 Å². The first-order chi connectivity index (χ1) is 9.61. The largest absolute Gasteiger partial charge is 0.433 e. The number of carbonyl (C=O) groups is 1. The molecule has 1 heterocycles. The first-order valence-electron chi connectivity index (χ1n) is 6.49. The van der Waals surface area contributed by atoms with Gasteiger partial charge in [-0.2, -0.15) is 0 Å². The molecule has 104 valence electrons. The van der Waals surface area contributed by atoms with Gasteiger partial charge in [0.25, 0.3) is 0 Å². The van der Waals surface area contributed by atoms with Crippen molar-refractivity contribution in [2.45, 2.75) is 26.2 Å². The van der Waals surface area contributed by atoms with Crippen molar-refractivity contribution in [3.63, 3.8) is 0 Å². The van der Waals surface area contributed by atoms with Crippen LogP contribution in [-0.2, 0) is 6.42 Å². The van der Waals surface area contributed by atoms with Crippen LogP contribution in [0.5, 0.6) is 0 Å². The highest BCUT2D eigenvalue weighted by Gasteiger charge is 2.18. The van der Waals surface area contributed by atoms with Crippen molar-refractivity contribution in [1.29, 1.82) is 0 Å². The van der Waals surface area contributed by atoms with Gasteiger partial charge in [-0.3, -0.25) is 14.9 Å². The Balaban J connectivity index is 2.13. The quantitative estimate of drug-likeness (QED) is 0.456. The van der Waals surface area contributed by atoms with E-state index in [9.17, 15) is 14.9 Å². The van der Waals surface area contributed by atoms with Crippen LogP contribution in [0.2, 0.25) is 0 Å². The number of rotatable bonds is 6. The number of aryl methyl sites for hydroxylation is 1. The second-order valence-corrected chi connectivity index (χ2v) is 4.52. The smallest absolute Gasteiger partial charge is 0.397 e. The maximum absolute atomic E-state index is 12.1. The van der Waals surface area contributed by atoms with Crippen molar-refractivity contribution in [2.75, 3.05) is 0 Å². The van der Waals surface area contributed by atoms with Crippen molar-refractivity contribution < 1.29 is 14.1 Å². The number of hydrogen-bond donors (Lipinski definition) is 0. The third-order valence-corrected chi connectivity index (χ3v) is 3.03. The highest BCUT2D eigenvalue weighted by molar-refractivity contribution is 6.07. The summed E-state index contributed by atoms with van der Waals surface area (Å²) in [6.45, 7) is 2.13. The fraction of sp³-hybridized carbons (Fsp3) is 0.267. The molecular formula is C15H15NO4. The number of benzene rings is 1. The van der Waals surface area contributed by atoms with E-state index in [2.05, 4.69) is 6.92 Å². The maximum atomic E-state index is 12.1. The Labute approximate surface area is 116 Å². The SMILES string of the molecule is CCCCc1ccc(C(=O)c2ccc([N+](=O)[O-])o2)cc1. The van der Waals surface area contributed by atoms with Gasteiger partial charge >= 0.3 is 5.88 Å². The second-order valence-electron chi connectivity index (χ2n) is 4.52. The average Bonchev–Trinajstić information content (AvgIpc) is 2.95. The highest BCUT2D eigenvalue weighted by atomic mass is 16.6. The van der Waals surface area contributed by atoms with Gasteiger partial charge in [0.1, 0.15) is 4.92 Å². The fourth-order valence-electron chi connectivity index (χ4n) is 1.89. The topological polar surface area (TPSA) is 73.3 Å². The minimum atomic E-state index is -0.662. The minimum absolute atomic E-state index is 0.0157. The van der Waals surface area contributed by atoms with Gasteiger partial charge in [-0.15, -0.1) is 0 Å². The molecule has 5 heteroatoms. The molecular weight excluding hydrogens is 258 g/mol. The molecule has 0 saturated heterocycles. The van der Waals surface area contributed by atoms with E-state index in [0.717, 1.165) is 19.3 Å². The zero-order valence-corrected chi connectivity index (χ0v) is 11.2. The molecule has 0 spiro atoms. The molecule has 0 saturated carbocycles. The summed E-state index contributed by atoms with van der Waals surface area (Å²) in [5.41, 5.74) is 1.64. The summed E-state index contributed by atoms with van der Waals surface area (Å²) in [4.78, 5) is 21.9. The summed E-state index contributed by atoms with van der Waals surface area (Å²) in [5, 5.41) is 10.5. The number of furan rings is 1. The van der Waals surface area contributed by atoms with Crippen molar-refractivity contribution in [2.24, 2.45) is 0 Å². The van der Waals surface area contributed by atoms with Crippen molar-refractivity contribution in [3.8, 4) is 0 Å². The molecule has 1 aromatic carbocycles. The number of unbranched alkanes of at least 4 members (excludes halogenated alkanes) is 1. The van der Waals surface area contributed by atoms with Crippen LogP contribution in [0.3, 0.4) is 0 Å². The third-order valence-electron chi connectivity index (χ3n) is 3.03. The molecule has 0 atom stereocenters. The highest BCUT2D eigenvalue weighted by Crippen LogP contribution is 2.19. The molecule has 5 nitrogen and oxygen atoms in total. The number of hydrogen-bond acceptors (Lipinski definition) is 4. The molecule has 0 aliphatic carbocycles. The molecule has 1 aromatic heterocycles. The van der Waals surface area contributed by atoms with E-state index < -0.39 is 10.8 Å². The summed E-state index contributed by atoms with van der Waals surface area (Å²) < 4.78 is 4.91. The molecule has 0 fully saturated rings. The predicted octanol–water partition coefficient (Wildman–Crippen LogP) is 3.76. The first kappa shape index (κ1) is 14.0. The Morgan fingerprint density at radius 3 is 2.45 bits per heavy atom. The van der Waals surface area contributed by atoms with Crippen LogP contribution < -0.4 is 0 Å². The van der Waals surface area contributed by atoms with Crippen molar-refractivity contribution in [3.05, 3.63) is 63.4 Å². The normalized spacial score (nSPS) is 10.4. The van der Waals surface area contributed by atoms with Crippen LogP contribution in [0.15, 0.2) is 40.8 Å². The van der Waals surface area contributed by atoms with Crippen LogP contribution in [0.25, 0.3) is 0 Å². The van der Waals surface area contributed by atoms with Gasteiger partial charge in [-0.25, -0.2) is 0 Å². The zero-order valence-electron chi connectivity index (χ0n) is 11.2. The monoisotopic (exact) mass is 273 g/mol. The third kappa shape index (κ3) is 3.12. The molecule has 2 rings (SSSR count). The summed E-state index contributed by atoms with van der Waals surface area (Å²) in [6, 6.07) is 9.76. The van der Waals surface area contributed by atoms with Crippen molar-refractivity contribution >= 4 is 11.7 Å². The van der Waals surface area contributed by atoms with E-state index in [0.29, 0.717) is 5.56 Å². The van der Waals surface area contributed by atoms with Gasteiger partial charge in [-0.05, 0) is 24.5 Å². The number of ketones is 1. The Morgan fingerprint density at radius 1 is 1.20 bits per heavy atom. The van der Waals surface area contributed by atoms with Gasteiger partial charge < -0.3 is 4.42 Å². The van der Waals surface area contributed by atoms with Gasteiger partial charge in [0.05, 0.1) is 6.07 Å². The number of nitro groups is 1. The van der Waals surface area contributed by atoms with E-state index in [1.165, 1.54) is 17.7 Å². The molecule has 0 unspecified atom stereocenters. The molecule has 2 aromatic rings. The van der Waals surface area contributed by atoms with Gasteiger partial charge in [0.15, 0.2) is 5.76 Å². The van der Waals surface area contributed by atoms with E-state index in [1.54, 1.807) is 12.1 Å². The van der Waals surface area contributed by atoms with E-state index in [-0.39, 0.29) is 11.5 Å².